The number of ether oxygens (including phenoxy) is 2. The maximum atomic E-state index is 12.2. The van der Waals surface area contributed by atoms with Crippen molar-refractivity contribution in [2.75, 3.05) is 12.4 Å². The van der Waals surface area contributed by atoms with Gasteiger partial charge in [0.15, 0.2) is 0 Å². The number of para-hydroxylation sites is 1. The average molecular weight is 356 g/mol. The lowest BCUT2D eigenvalue weighted by Crippen LogP contribution is -2.12. The predicted molar refractivity (Wildman–Crippen MR) is 99.5 cm³/mol. The minimum absolute atomic E-state index is 0.0678. The van der Waals surface area contributed by atoms with Gasteiger partial charge in [-0.3, -0.25) is 14.9 Å². The van der Waals surface area contributed by atoms with Gasteiger partial charge in [0.1, 0.15) is 11.5 Å². The molecule has 0 atom stereocenters. The molecular formula is C19H20N2O5. The molecule has 0 saturated heterocycles. The molecule has 0 unspecified atom stereocenters. The lowest BCUT2D eigenvalue weighted by atomic mass is 10.1. The summed E-state index contributed by atoms with van der Waals surface area (Å²) in [5, 5.41) is 13.7. The van der Waals surface area contributed by atoms with Gasteiger partial charge in [0.25, 0.3) is 5.69 Å². The SMILES string of the molecule is COc1ccc(OC(C)C)c(NC(=O)C=Cc2ccccc2[N+](=O)[O-])c1. The first-order valence-corrected chi connectivity index (χ1v) is 7.98. The van der Waals surface area contributed by atoms with Crippen LogP contribution in [0.5, 0.6) is 11.5 Å². The van der Waals surface area contributed by atoms with Gasteiger partial charge in [0.2, 0.25) is 5.91 Å². The highest BCUT2D eigenvalue weighted by atomic mass is 16.6. The summed E-state index contributed by atoms with van der Waals surface area (Å²) < 4.78 is 10.8. The number of nitrogens with zero attached hydrogens (tertiary/aromatic N) is 1. The van der Waals surface area contributed by atoms with E-state index in [4.69, 9.17) is 9.47 Å². The van der Waals surface area contributed by atoms with Crippen LogP contribution in [0.1, 0.15) is 19.4 Å². The Kier molecular flexibility index (Phi) is 6.32. The maximum Gasteiger partial charge on any atom is 0.276 e. The smallest absolute Gasteiger partial charge is 0.276 e. The molecule has 0 spiro atoms. The van der Waals surface area contributed by atoms with Crippen LogP contribution in [0, 0.1) is 10.1 Å². The first-order valence-electron chi connectivity index (χ1n) is 7.98. The highest BCUT2D eigenvalue weighted by molar-refractivity contribution is 6.03. The third-order valence-electron chi connectivity index (χ3n) is 3.35. The van der Waals surface area contributed by atoms with E-state index in [0.29, 0.717) is 22.7 Å². The van der Waals surface area contributed by atoms with Crippen molar-refractivity contribution < 1.29 is 19.2 Å². The van der Waals surface area contributed by atoms with Gasteiger partial charge in [-0.05, 0) is 38.1 Å². The molecule has 0 bridgehead atoms. The molecule has 1 amide bonds. The molecule has 26 heavy (non-hydrogen) atoms. The zero-order chi connectivity index (χ0) is 19.1. The first kappa shape index (κ1) is 19.0. The van der Waals surface area contributed by atoms with Gasteiger partial charge in [0, 0.05) is 18.2 Å². The maximum absolute atomic E-state index is 12.2. The number of rotatable bonds is 7. The van der Waals surface area contributed by atoms with Gasteiger partial charge in [-0.15, -0.1) is 0 Å². The number of amides is 1. The second-order valence-electron chi connectivity index (χ2n) is 5.67. The molecule has 0 aliphatic rings. The quantitative estimate of drug-likeness (QED) is 0.459. The summed E-state index contributed by atoms with van der Waals surface area (Å²) in [6.45, 7) is 3.76. The number of nitro benzene ring substituents is 1. The van der Waals surface area contributed by atoms with E-state index < -0.39 is 10.8 Å². The Labute approximate surface area is 151 Å². The van der Waals surface area contributed by atoms with Crippen molar-refractivity contribution in [3.63, 3.8) is 0 Å². The van der Waals surface area contributed by atoms with Crippen molar-refractivity contribution in [1.82, 2.24) is 0 Å². The predicted octanol–water partition coefficient (Wildman–Crippen LogP) is 4.04. The molecule has 0 aliphatic heterocycles. The Balaban J connectivity index is 2.21. The van der Waals surface area contributed by atoms with Crippen LogP contribution in [0.15, 0.2) is 48.5 Å². The van der Waals surface area contributed by atoms with Gasteiger partial charge < -0.3 is 14.8 Å². The molecule has 2 aromatic rings. The first-order chi connectivity index (χ1) is 12.4. The normalized spacial score (nSPS) is 10.8. The summed E-state index contributed by atoms with van der Waals surface area (Å²) in [7, 11) is 1.53. The van der Waals surface area contributed by atoms with Crippen molar-refractivity contribution in [2.24, 2.45) is 0 Å². The lowest BCUT2D eigenvalue weighted by molar-refractivity contribution is -0.385. The molecule has 0 radical (unpaired) electrons. The molecule has 1 N–H and O–H groups in total. The van der Waals surface area contributed by atoms with Crippen molar-refractivity contribution in [3.8, 4) is 11.5 Å². The van der Waals surface area contributed by atoms with E-state index in [2.05, 4.69) is 5.32 Å². The summed E-state index contributed by atoms with van der Waals surface area (Å²) in [6, 6.07) is 11.3. The van der Waals surface area contributed by atoms with Crippen LogP contribution in [0.2, 0.25) is 0 Å². The van der Waals surface area contributed by atoms with Crippen LogP contribution in [0.4, 0.5) is 11.4 Å². The van der Waals surface area contributed by atoms with E-state index in [0.717, 1.165) is 0 Å². The van der Waals surface area contributed by atoms with E-state index >= 15 is 0 Å². The third-order valence-corrected chi connectivity index (χ3v) is 3.35. The van der Waals surface area contributed by atoms with Crippen molar-refractivity contribution >= 4 is 23.4 Å². The fraction of sp³-hybridized carbons (Fsp3) is 0.211. The Bertz CT molecular complexity index is 830. The topological polar surface area (TPSA) is 90.7 Å². The van der Waals surface area contributed by atoms with E-state index in [9.17, 15) is 14.9 Å². The van der Waals surface area contributed by atoms with Crippen LogP contribution in [-0.4, -0.2) is 24.0 Å². The number of carbonyl (C=O) groups is 1. The van der Waals surface area contributed by atoms with E-state index in [-0.39, 0.29) is 11.8 Å². The summed E-state index contributed by atoms with van der Waals surface area (Å²) >= 11 is 0. The van der Waals surface area contributed by atoms with Gasteiger partial charge in [-0.2, -0.15) is 0 Å². The van der Waals surface area contributed by atoms with Gasteiger partial charge in [0.05, 0.1) is 29.4 Å². The Morgan fingerprint density at radius 3 is 2.62 bits per heavy atom. The Hall–Kier alpha value is -3.35. The number of benzene rings is 2. The van der Waals surface area contributed by atoms with Gasteiger partial charge in [-0.1, -0.05) is 12.1 Å². The molecular weight excluding hydrogens is 336 g/mol. The highest BCUT2D eigenvalue weighted by Crippen LogP contribution is 2.30. The van der Waals surface area contributed by atoms with Gasteiger partial charge in [-0.25, -0.2) is 0 Å². The molecule has 0 fully saturated rings. The minimum atomic E-state index is -0.492. The van der Waals surface area contributed by atoms with Crippen LogP contribution in [0.3, 0.4) is 0 Å². The summed E-state index contributed by atoms with van der Waals surface area (Å²) in [5.41, 5.74) is 0.731. The number of carbonyl (C=O) groups excluding carboxylic acids is 1. The van der Waals surface area contributed by atoms with Crippen molar-refractivity contribution in [2.45, 2.75) is 20.0 Å². The monoisotopic (exact) mass is 356 g/mol. The van der Waals surface area contributed by atoms with Gasteiger partial charge >= 0.3 is 0 Å². The Morgan fingerprint density at radius 2 is 1.96 bits per heavy atom. The van der Waals surface area contributed by atoms with E-state index in [1.54, 1.807) is 36.4 Å². The molecule has 2 rings (SSSR count). The number of hydrogen-bond acceptors (Lipinski definition) is 5. The van der Waals surface area contributed by atoms with Crippen LogP contribution in [0.25, 0.3) is 6.08 Å². The number of nitro groups is 1. The van der Waals surface area contributed by atoms with Crippen LogP contribution in [-0.2, 0) is 4.79 Å². The summed E-state index contributed by atoms with van der Waals surface area (Å²) in [4.78, 5) is 22.8. The number of hydrogen-bond donors (Lipinski definition) is 1. The number of methoxy groups -OCH3 is 1. The fourth-order valence-corrected chi connectivity index (χ4v) is 2.23. The largest absolute Gasteiger partial charge is 0.497 e. The molecule has 0 saturated carbocycles. The second-order valence-corrected chi connectivity index (χ2v) is 5.67. The third kappa shape index (κ3) is 5.07. The average Bonchev–Trinajstić information content (AvgIpc) is 2.61. The zero-order valence-electron chi connectivity index (χ0n) is 14.8. The molecule has 0 aliphatic carbocycles. The minimum Gasteiger partial charge on any atom is -0.497 e. The standard InChI is InChI=1S/C19H20N2O5/c1-13(2)26-18-10-9-15(25-3)12-16(18)20-19(22)11-8-14-6-4-5-7-17(14)21(23)24/h4-13H,1-3H3,(H,20,22). The van der Waals surface area contributed by atoms with E-state index in [1.165, 1.54) is 25.3 Å². The van der Waals surface area contributed by atoms with Crippen LogP contribution < -0.4 is 14.8 Å². The van der Waals surface area contributed by atoms with Crippen LogP contribution >= 0.6 is 0 Å². The van der Waals surface area contributed by atoms with Crippen molar-refractivity contribution in [1.29, 1.82) is 0 Å². The highest BCUT2D eigenvalue weighted by Gasteiger charge is 2.12. The summed E-state index contributed by atoms with van der Waals surface area (Å²) in [5.74, 6) is 0.636. The van der Waals surface area contributed by atoms with Crippen molar-refractivity contribution in [3.05, 3.63) is 64.2 Å². The molecule has 2 aromatic carbocycles. The van der Waals surface area contributed by atoms with E-state index in [1.807, 2.05) is 13.8 Å². The molecule has 7 heteroatoms. The second kappa shape index (κ2) is 8.66. The Morgan fingerprint density at radius 1 is 1.23 bits per heavy atom. The number of anilines is 1. The molecule has 7 nitrogen and oxygen atoms in total. The fourth-order valence-electron chi connectivity index (χ4n) is 2.23. The number of nitrogens with one attached hydrogen (secondary N) is 1. The summed E-state index contributed by atoms with van der Waals surface area (Å²) in [6.07, 6.45) is 2.57. The molecule has 136 valence electrons. The zero-order valence-corrected chi connectivity index (χ0v) is 14.8. The molecule has 0 heterocycles. The lowest BCUT2D eigenvalue weighted by Gasteiger charge is -2.15. The molecule has 0 aromatic heterocycles.